The number of carboxylic acids is 1. The first-order chi connectivity index (χ1) is 16.5. The van der Waals surface area contributed by atoms with Crippen molar-refractivity contribution in [1.82, 2.24) is 10.2 Å². The molecule has 0 aromatic heterocycles. The zero-order valence-electron chi connectivity index (χ0n) is 21.2. The van der Waals surface area contributed by atoms with Gasteiger partial charge in [0.2, 0.25) is 5.91 Å². The fraction of sp³-hybridized carbons (Fsp3) is 0.464. The van der Waals surface area contributed by atoms with Gasteiger partial charge in [0.15, 0.2) is 0 Å². The smallest absolute Gasteiger partial charge is 0.407 e. The monoisotopic (exact) mass is 480 g/mol. The average molecular weight is 481 g/mol. The molecule has 0 aliphatic heterocycles. The number of nitrogens with zero attached hydrogens (tertiary/aromatic N) is 1. The zero-order chi connectivity index (χ0) is 25.8. The lowest BCUT2D eigenvalue weighted by atomic mass is 9.87. The van der Waals surface area contributed by atoms with Gasteiger partial charge in [-0.1, -0.05) is 76.2 Å². The number of carbonyl (C=O) groups is 3. The van der Waals surface area contributed by atoms with Crippen molar-refractivity contribution in [2.24, 2.45) is 5.41 Å². The van der Waals surface area contributed by atoms with Crippen molar-refractivity contribution >= 4 is 18.0 Å². The first-order valence-electron chi connectivity index (χ1n) is 12.1. The Kier molecular flexibility index (Phi) is 8.20. The first-order valence-corrected chi connectivity index (χ1v) is 12.1. The van der Waals surface area contributed by atoms with Gasteiger partial charge >= 0.3 is 12.1 Å². The normalized spacial score (nSPS) is 14.4. The summed E-state index contributed by atoms with van der Waals surface area (Å²) < 4.78 is 5.60. The maximum Gasteiger partial charge on any atom is 0.407 e. The number of nitrogens with one attached hydrogen (secondary N) is 1. The molecule has 0 heterocycles. The van der Waals surface area contributed by atoms with Crippen LogP contribution >= 0.6 is 0 Å². The van der Waals surface area contributed by atoms with E-state index in [0.29, 0.717) is 12.8 Å². The molecule has 2 amide bonds. The molecule has 7 nitrogen and oxygen atoms in total. The molecule has 2 aromatic carbocycles. The molecule has 0 fully saturated rings. The molecular formula is C28H36N2O5. The molecule has 0 bridgehead atoms. The summed E-state index contributed by atoms with van der Waals surface area (Å²) in [5.41, 5.74) is 4.31. The van der Waals surface area contributed by atoms with Crippen molar-refractivity contribution in [2.75, 3.05) is 13.7 Å². The topological polar surface area (TPSA) is 95.9 Å². The summed E-state index contributed by atoms with van der Waals surface area (Å²) in [6, 6.07) is 14.9. The molecule has 1 aliphatic carbocycles. The number of benzene rings is 2. The second-order valence-electron chi connectivity index (χ2n) is 10.4. The second-order valence-corrected chi connectivity index (χ2v) is 10.4. The van der Waals surface area contributed by atoms with Crippen LogP contribution in [-0.2, 0) is 14.3 Å². The Bertz CT molecular complexity index is 1030. The number of carbonyl (C=O) groups excluding carboxylic acids is 2. The van der Waals surface area contributed by atoms with Crippen LogP contribution in [0.3, 0.4) is 0 Å². The predicted molar refractivity (Wildman–Crippen MR) is 135 cm³/mol. The Balaban J connectivity index is 1.59. The minimum absolute atomic E-state index is 0.00508. The number of ether oxygens (including phenoxy) is 1. The van der Waals surface area contributed by atoms with E-state index < -0.39 is 24.1 Å². The van der Waals surface area contributed by atoms with E-state index >= 15 is 0 Å². The van der Waals surface area contributed by atoms with Crippen molar-refractivity contribution in [3.63, 3.8) is 0 Å². The van der Waals surface area contributed by atoms with Crippen LogP contribution in [0.15, 0.2) is 48.5 Å². The van der Waals surface area contributed by atoms with Crippen molar-refractivity contribution in [2.45, 2.75) is 65.0 Å². The molecule has 7 heteroatoms. The van der Waals surface area contributed by atoms with Crippen LogP contribution < -0.4 is 5.32 Å². The fourth-order valence-corrected chi connectivity index (χ4v) is 4.60. The number of alkyl carbamates (subject to hydrolysis) is 1. The fourth-order valence-electron chi connectivity index (χ4n) is 4.60. The third-order valence-electron chi connectivity index (χ3n) is 6.53. The van der Waals surface area contributed by atoms with Crippen molar-refractivity contribution < 1.29 is 24.2 Å². The lowest BCUT2D eigenvalue weighted by Crippen LogP contribution is -2.47. The van der Waals surface area contributed by atoms with Gasteiger partial charge in [0.05, 0.1) is 0 Å². The number of hydrogen-bond acceptors (Lipinski definition) is 4. The molecule has 3 rings (SSSR count). The summed E-state index contributed by atoms with van der Waals surface area (Å²) in [7, 11) is 1.51. The summed E-state index contributed by atoms with van der Waals surface area (Å²) in [6.45, 7) is 7.88. The Hall–Kier alpha value is -3.35. The maximum atomic E-state index is 12.8. The van der Waals surface area contributed by atoms with E-state index in [-0.39, 0.29) is 30.3 Å². The molecule has 2 aromatic rings. The van der Waals surface area contributed by atoms with Crippen LogP contribution in [0.1, 0.15) is 64.0 Å². The van der Waals surface area contributed by atoms with Gasteiger partial charge in [-0.05, 0) is 40.5 Å². The van der Waals surface area contributed by atoms with Gasteiger partial charge in [0.1, 0.15) is 12.6 Å². The number of amides is 2. The molecular weight excluding hydrogens is 444 g/mol. The Morgan fingerprint density at radius 3 is 2.06 bits per heavy atom. The Morgan fingerprint density at radius 1 is 1.03 bits per heavy atom. The molecule has 1 unspecified atom stereocenters. The van der Waals surface area contributed by atoms with Gasteiger partial charge in [0, 0.05) is 25.4 Å². The lowest BCUT2D eigenvalue weighted by Gasteiger charge is -2.31. The predicted octanol–water partition coefficient (Wildman–Crippen LogP) is 5.04. The van der Waals surface area contributed by atoms with Crippen LogP contribution in [0, 0.1) is 5.41 Å². The van der Waals surface area contributed by atoms with E-state index in [0.717, 1.165) is 22.3 Å². The van der Waals surface area contributed by atoms with E-state index in [2.05, 4.69) is 29.6 Å². The summed E-state index contributed by atoms with van der Waals surface area (Å²) in [5, 5.41) is 12.4. The number of likely N-dealkylation sites (N-methyl/N-ethyl adjacent to an activating group) is 1. The van der Waals surface area contributed by atoms with Crippen LogP contribution in [0.4, 0.5) is 4.79 Å². The van der Waals surface area contributed by atoms with Crippen LogP contribution in [0.2, 0.25) is 0 Å². The number of fused-ring (bicyclic) bond motifs is 3. The van der Waals surface area contributed by atoms with Gasteiger partial charge in [-0.15, -0.1) is 0 Å². The molecule has 0 saturated carbocycles. The van der Waals surface area contributed by atoms with E-state index in [9.17, 15) is 19.5 Å². The molecule has 188 valence electrons. The zero-order valence-corrected chi connectivity index (χ0v) is 21.2. The van der Waals surface area contributed by atoms with Crippen LogP contribution in [0.5, 0.6) is 0 Å². The standard InChI is InChI=1S/C28H36N2O5/c1-6-18(15-25(31)30(5)24(26(32)33)16-28(2,3)4)29-27(34)35-17-23-21-13-9-7-11-19(21)20-12-8-10-14-22(20)23/h7-14,18,23-24H,6,15-17H2,1-5H3,(H,29,34)(H,32,33)/t18-,24?/m1/s1. The molecule has 0 saturated heterocycles. The van der Waals surface area contributed by atoms with Crippen molar-refractivity contribution in [1.29, 1.82) is 0 Å². The SMILES string of the molecule is CC[C@H](CC(=O)N(C)C(CC(C)(C)C)C(=O)O)NC(=O)OCC1c2ccccc2-c2ccccc21. The summed E-state index contributed by atoms with van der Waals surface area (Å²) in [4.78, 5) is 38.5. The highest BCUT2D eigenvalue weighted by molar-refractivity contribution is 5.84. The molecule has 35 heavy (non-hydrogen) atoms. The van der Waals surface area contributed by atoms with E-state index in [1.807, 2.05) is 52.0 Å². The average Bonchev–Trinajstić information content (AvgIpc) is 3.13. The van der Waals surface area contributed by atoms with Gasteiger partial charge in [-0.2, -0.15) is 0 Å². The van der Waals surface area contributed by atoms with Gasteiger partial charge in [0.25, 0.3) is 0 Å². The van der Waals surface area contributed by atoms with E-state index in [1.165, 1.54) is 11.9 Å². The Morgan fingerprint density at radius 2 is 1.57 bits per heavy atom. The third kappa shape index (κ3) is 6.41. The number of rotatable bonds is 9. The van der Waals surface area contributed by atoms with Gasteiger partial charge < -0.3 is 20.1 Å². The van der Waals surface area contributed by atoms with Crippen LogP contribution in [0.25, 0.3) is 11.1 Å². The minimum atomic E-state index is -1.03. The number of carboxylic acid groups (broad SMARTS) is 1. The molecule has 2 N–H and O–H groups in total. The first kappa shape index (κ1) is 26.3. The number of aliphatic carboxylic acids is 1. The summed E-state index contributed by atoms with van der Waals surface area (Å²) >= 11 is 0. The highest BCUT2D eigenvalue weighted by atomic mass is 16.5. The lowest BCUT2D eigenvalue weighted by molar-refractivity contribution is -0.150. The third-order valence-corrected chi connectivity index (χ3v) is 6.53. The van der Waals surface area contributed by atoms with Crippen molar-refractivity contribution in [3.05, 3.63) is 59.7 Å². The summed E-state index contributed by atoms with van der Waals surface area (Å²) in [6.07, 6.45) is 0.270. The van der Waals surface area contributed by atoms with E-state index in [4.69, 9.17) is 4.74 Å². The Labute approximate surface area is 207 Å². The minimum Gasteiger partial charge on any atom is -0.480 e. The second kappa shape index (κ2) is 10.9. The quantitative estimate of drug-likeness (QED) is 0.524. The highest BCUT2D eigenvalue weighted by Crippen LogP contribution is 2.44. The van der Waals surface area contributed by atoms with Crippen LogP contribution in [-0.4, -0.2) is 53.7 Å². The molecule has 0 spiro atoms. The highest BCUT2D eigenvalue weighted by Gasteiger charge is 2.32. The number of hydrogen-bond donors (Lipinski definition) is 2. The van der Waals surface area contributed by atoms with Crippen molar-refractivity contribution in [3.8, 4) is 11.1 Å². The van der Waals surface area contributed by atoms with Gasteiger partial charge in [-0.25, -0.2) is 9.59 Å². The maximum absolute atomic E-state index is 12.8. The van der Waals surface area contributed by atoms with E-state index in [1.54, 1.807) is 0 Å². The molecule has 0 radical (unpaired) electrons. The molecule has 1 aliphatic rings. The van der Waals surface area contributed by atoms with Gasteiger partial charge in [-0.3, -0.25) is 4.79 Å². The largest absolute Gasteiger partial charge is 0.480 e. The molecule has 2 atom stereocenters. The summed E-state index contributed by atoms with van der Waals surface area (Å²) in [5.74, 6) is -1.41.